The number of hydrogen-bond acceptors (Lipinski definition) is 4. The Balaban J connectivity index is 1.92. The summed E-state index contributed by atoms with van der Waals surface area (Å²) in [6, 6.07) is 1.77. The summed E-state index contributed by atoms with van der Waals surface area (Å²) >= 11 is 0. The Morgan fingerprint density at radius 2 is 1.89 bits per heavy atom. The Hall–Kier alpha value is -2.64. The number of rotatable bonds is 3. The summed E-state index contributed by atoms with van der Waals surface area (Å²) in [4.78, 5) is 32.0. The Kier molecular flexibility index (Phi) is 5.58. The molecule has 1 saturated carbocycles. The van der Waals surface area contributed by atoms with Crippen LogP contribution in [0.25, 0.3) is 5.95 Å². The van der Waals surface area contributed by atoms with Gasteiger partial charge in [-0.15, -0.1) is 0 Å². The molecule has 0 saturated heterocycles. The number of hydrogen-bond donors (Lipinski definition) is 3. The lowest BCUT2D eigenvalue weighted by Crippen LogP contribution is -2.39. The molecule has 28 heavy (non-hydrogen) atoms. The van der Waals surface area contributed by atoms with Crippen LogP contribution >= 0.6 is 0 Å². The van der Waals surface area contributed by atoms with Gasteiger partial charge in [0.25, 0.3) is 5.56 Å². The third kappa shape index (κ3) is 4.43. The summed E-state index contributed by atoms with van der Waals surface area (Å²) in [5.74, 6) is 0.765. The maximum atomic E-state index is 12.6. The molecule has 0 aliphatic heterocycles. The predicted octanol–water partition coefficient (Wildman–Crippen LogP) is 3.32. The minimum atomic E-state index is -0.264. The number of carbonyl (C=O) groups excluding carboxylic acids is 1. The van der Waals surface area contributed by atoms with Crippen molar-refractivity contribution in [3.63, 3.8) is 0 Å². The highest BCUT2D eigenvalue weighted by atomic mass is 16.2. The number of aromatic nitrogens is 4. The summed E-state index contributed by atoms with van der Waals surface area (Å²) in [5.41, 5.74) is 1.55. The van der Waals surface area contributed by atoms with E-state index in [1.165, 1.54) is 11.1 Å². The van der Waals surface area contributed by atoms with E-state index in [9.17, 15) is 9.59 Å². The number of nitrogens with one attached hydrogen (secondary N) is 3. The van der Waals surface area contributed by atoms with Crippen LogP contribution in [0.3, 0.4) is 0 Å². The SMILES string of the molecule is Cc1nc(-n2nc(C(C)(C)C)cc2NC(=O)NC2CCCCC2)[nH]c(=O)c1C. The maximum Gasteiger partial charge on any atom is 0.320 e. The Bertz CT molecular complexity index is 916. The number of anilines is 1. The molecule has 1 aliphatic carbocycles. The fraction of sp³-hybridized carbons (Fsp3) is 0.600. The van der Waals surface area contributed by atoms with Gasteiger partial charge < -0.3 is 5.32 Å². The minimum Gasteiger partial charge on any atom is -0.335 e. The quantitative estimate of drug-likeness (QED) is 0.752. The molecule has 1 aliphatic rings. The van der Waals surface area contributed by atoms with E-state index < -0.39 is 0 Å². The third-order valence-electron chi connectivity index (χ3n) is 5.24. The average molecular weight is 387 g/mol. The third-order valence-corrected chi connectivity index (χ3v) is 5.24. The van der Waals surface area contributed by atoms with Gasteiger partial charge in [0.1, 0.15) is 5.82 Å². The highest BCUT2D eigenvalue weighted by Crippen LogP contribution is 2.25. The summed E-state index contributed by atoms with van der Waals surface area (Å²) in [6.07, 6.45) is 5.53. The second-order valence-corrected chi connectivity index (χ2v) is 8.61. The summed E-state index contributed by atoms with van der Waals surface area (Å²) in [7, 11) is 0. The van der Waals surface area contributed by atoms with Gasteiger partial charge in [0.15, 0.2) is 0 Å². The molecule has 8 heteroatoms. The van der Waals surface area contributed by atoms with Gasteiger partial charge >= 0.3 is 6.03 Å². The lowest BCUT2D eigenvalue weighted by Gasteiger charge is -2.22. The normalized spacial score (nSPS) is 15.5. The van der Waals surface area contributed by atoms with E-state index in [1.807, 2.05) is 26.8 Å². The zero-order valence-electron chi connectivity index (χ0n) is 17.3. The number of H-pyrrole nitrogens is 1. The molecule has 0 spiro atoms. The lowest BCUT2D eigenvalue weighted by atomic mass is 9.92. The first kappa shape index (κ1) is 20.1. The van der Waals surface area contributed by atoms with E-state index in [2.05, 4.69) is 25.7 Å². The first-order chi connectivity index (χ1) is 13.1. The number of nitrogens with zero attached hydrogens (tertiary/aromatic N) is 3. The summed E-state index contributed by atoms with van der Waals surface area (Å²) in [5, 5.41) is 10.5. The molecule has 0 bridgehead atoms. The fourth-order valence-electron chi connectivity index (χ4n) is 3.31. The topological polar surface area (TPSA) is 105 Å². The van der Waals surface area contributed by atoms with Crippen LogP contribution in [0, 0.1) is 13.8 Å². The van der Waals surface area contributed by atoms with E-state index in [-0.39, 0.29) is 29.0 Å². The summed E-state index contributed by atoms with van der Waals surface area (Å²) < 4.78 is 1.49. The van der Waals surface area contributed by atoms with Crippen LogP contribution in [0.2, 0.25) is 0 Å². The van der Waals surface area contributed by atoms with E-state index in [1.54, 1.807) is 13.8 Å². The van der Waals surface area contributed by atoms with Crippen LogP contribution in [0.15, 0.2) is 10.9 Å². The highest BCUT2D eigenvalue weighted by Gasteiger charge is 2.23. The molecule has 2 heterocycles. The van der Waals surface area contributed by atoms with Crippen molar-refractivity contribution in [3.8, 4) is 5.95 Å². The first-order valence-electron chi connectivity index (χ1n) is 9.91. The van der Waals surface area contributed by atoms with Crippen molar-refractivity contribution >= 4 is 11.8 Å². The molecule has 0 radical (unpaired) electrons. The van der Waals surface area contributed by atoms with Gasteiger partial charge in [-0.05, 0) is 26.7 Å². The van der Waals surface area contributed by atoms with Crippen molar-refractivity contribution in [2.75, 3.05) is 5.32 Å². The highest BCUT2D eigenvalue weighted by molar-refractivity contribution is 5.88. The predicted molar refractivity (Wildman–Crippen MR) is 109 cm³/mol. The zero-order valence-corrected chi connectivity index (χ0v) is 17.3. The molecule has 152 valence electrons. The van der Waals surface area contributed by atoms with Crippen LogP contribution < -0.4 is 16.2 Å². The maximum absolute atomic E-state index is 12.6. The average Bonchev–Trinajstić information content (AvgIpc) is 3.04. The van der Waals surface area contributed by atoms with Gasteiger partial charge in [-0.1, -0.05) is 40.0 Å². The molecule has 0 unspecified atom stereocenters. The number of aromatic amines is 1. The smallest absolute Gasteiger partial charge is 0.320 e. The van der Waals surface area contributed by atoms with Crippen LogP contribution in [0.4, 0.5) is 10.6 Å². The number of urea groups is 1. The van der Waals surface area contributed by atoms with Gasteiger partial charge in [-0.25, -0.2) is 9.78 Å². The Morgan fingerprint density at radius 1 is 1.21 bits per heavy atom. The molecule has 0 atom stereocenters. The van der Waals surface area contributed by atoms with Gasteiger partial charge in [-0.2, -0.15) is 9.78 Å². The zero-order chi connectivity index (χ0) is 20.5. The molecule has 2 aromatic rings. The van der Waals surface area contributed by atoms with Gasteiger partial charge in [-0.3, -0.25) is 15.1 Å². The second-order valence-electron chi connectivity index (χ2n) is 8.61. The fourth-order valence-corrected chi connectivity index (χ4v) is 3.31. The largest absolute Gasteiger partial charge is 0.335 e. The molecule has 2 aromatic heterocycles. The van der Waals surface area contributed by atoms with Crippen LogP contribution in [-0.4, -0.2) is 31.8 Å². The molecule has 3 N–H and O–H groups in total. The molecule has 3 rings (SSSR count). The number of carbonyl (C=O) groups is 1. The van der Waals surface area contributed by atoms with Crippen LogP contribution in [0.5, 0.6) is 0 Å². The van der Waals surface area contributed by atoms with E-state index in [4.69, 9.17) is 0 Å². The molecular formula is C20H30N6O2. The van der Waals surface area contributed by atoms with Gasteiger partial charge in [0.05, 0.1) is 5.69 Å². The number of aryl methyl sites for hydroxylation is 1. The summed E-state index contributed by atoms with van der Waals surface area (Å²) in [6.45, 7) is 9.64. The lowest BCUT2D eigenvalue weighted by molar-refractivity contribution is 0.244. The van der Waals surface area contributed by atoms with E-state index >= 15 is 0 Å². The Labute approximate surface area is 165 Å². The molecule has 1 fully saturated rings. The molecule has 0 aromatic carbocycles. The second kappa shape index (κ2) is 7.77. The van der Waals surface area contributed by atoms with Crippen molar-refractivity contribution in [1.29, 1.82) is 0 Å². The standard InChI is InChI=1S/C20H30N6O2/c1-12-13(2)21-18(24-17(12)27)26-16(11-15(25-26)20(3,4)5)23-19(28)22-14-9-7-6-8-10-14/h11,14H,6-10H2,1-5H3,(H,21,24,27)(H2,22,23,28). The Morgan fingerprint density at radius 3 is 2.50 bits per heavy atom. The van der Waals surface area contributed by atoms with Crippen molar-refractivity contribution in [2.45, 2.75) is 78.2 Å². The van der Waals surface area contributed by atoms with Crippen LogP contribution in [0.1, 0.15) is 69.8 Å². The molecular weight excluding hydrogens is 356 g/mol. The van der Waals surface area contributed by atoms with Gasteiger partial charge in [0, 0.05) is 28.8 Å². The van der Waals surface area contributed by atoms with E-state index in [0.29, 0.717) is 17.1 Å². The van der Waals surface area contributed by atoms with Crippen molar-refractivity contribution in [3.05, 3.63) is 33.4 Å². The monoisotopic (exact) mass is 386 g/mol. The minimum absolute atomic E-state index is 0.201. The van der Waals surface area contributed by atoms with E-state index in [0.717, 1.165) is 31.4 Å². The number of amides is 2. The van der Waals surface area contributed by atoms with Crippen molar-refractivity contribution in [2.24, 2.45) is 0 Å². The first-order valence-corrected chi connectivity index (χ1v) is 9.91. The van der Waals surface area contributed by atoms with Crippen LogP contribution in [-0.2, 0) is 5.41 Å². The van der Waals surface area contributed by atoms with Gasteiger partial charge in [0.2, 0.25) is 5.95 Å². The molecule has 2 amide bonds. The van der Waals surface area contributed by atoms with Crippen molar-refractivity contribution < 1.29 is 4.79 Å². The van der Waals surface area contributed by atoms with Crippen molar-refractivity contribution in [1.82, 2.24) is 25.1 Å². The molecule has 8 nitrogen and oxygen atoms in total.